The average molecular weight is 293 g/mol. The number of fused-ring (bicyclic) bond motifs is 1. The molecule has 1 amide bonds. The monoisotopic (exact) mass is 293 g/mol. The second-order valence-corrected chi connectivity index (χ2v) is 4.96. The summed E-state index contributed by atoms with van der Waals surface area (Å²) in [6, 6.07) is 15.8. The van der Waals surface area contributed by atoms with Crippen LogP contribution in [0, 0.1) is 0 Å². The van der Waals surface area contributed by atoms with Gasteiger partial charge >= 0.3 is 0 Å². The first-order chi connectivity index (χ1) is 10.6. The predicted molar refractivity (Wildman–Crippen MR) is 86.6 cm³/mol. The van der Waals surface area contributed by atoms with Crippen LogP contribution in [-0.2, 0) is 11.2 Å². The highest BCUT2D eigenvalue weighted by molar-refractivity contribution is 5.94. The first-order valence-electron chi connectivity index (χ1n) is 6.85. The lowest BCUT2D eigenvalue weighted by Crippen LogP contribution is -2.15. The number of pyridine rings is 1. The molecule has 0 saturated heterocycles. The normalized spacial score (nSPS) is 10.5. The third-order valence-electron chi connectivity index (χ3n) is 3.33. The van der Waals surface area contributed by atoms with Crippen molar-refractivity contribution in [2.75, 3.05) is 11.1 Å². The lowest BCUT2D eigenvalue weighted by molar-refractivity contribution is -0.115. The third-order valence-corrected chi connectivity index (χ3v) is 3.33. The van der Waals surface area contributed by atoms with Gasteiger partial charge in [-0.1, -0.05) is 30.3 Å². The average Bonchev–Trinajstić information content (AvgIpc) is 2.50. The standard InChI is InChI=1S/C17H15N3O2/c18-13-5-3-4-11-8-9-12(19-17(11)13)10-16(22)20-14-6-1-2-7-15(14)21/h1-9,21H,10,18H2,(H,20,22). The molecule has 110 valence electrons. The van der Waals surface area contributed by atoms with Gasteiger partial charge in [-0.3, -0.25) is 9.78 Å². The maximum atomic E-state index is 12.1. The molecule has 3 rings (SSSR count). The second-order valence-electron chi connectivity index (χ2n) is 4.96. The van der Waals surface area contributed by atoms with E-state index in [4.69, 9.17) is 5.73 Å². The minimum absolute atomic E-state index is 0.0339. The maximum Gasteiger partial charge on any atom is 0.230 e. The van der Waals surface area contributed by atoms with E-state index in [0.717, 1.165) is 5.39 Å². The van der Waals surface area contributed by atoms with Gasteiger partial charge in [-0.2, -0.15) is 0 Å². The smallest absolute Gasteiger partial charge is 0.230 e. The number of amides is 1. The molecule has 0 spiro atoms. The molecule has 0 radical (unpaired) electrons. The fourth-order valence-electron chi connectivity index (χ4n) is 2.25. The molecule has 0 saturated carbocycles. The number of aromatic nitrogens is 1. The Kier molecular flexibility index (Phi) is 3.62. The molecule has 0 aliphatic heterocycles. The summed E-state index contributed by atoms with van der Waals surface area (Å²) in [7, 11) is 0. The summed E-state index contributed by atoms with van der Waals surface area (Å²) in [5, 5.41) is 13.3. The summed E-state index contributed by atoms with van der Waals surface area (Å²) < 4.78 is 0. The summed E-state index contributed by atoms with van der Waals surface area (Å²) in [5.74, 6) is -0.214. The van der Waals surface area contributed by atoms with Crippen LogP contribution in [0.5, 0.6) is 5.75 Å². The maximum absolute atomic E-state index is 12.1. The third kappa shape index (κ3) is 2.83. The molecule has 0 aliphatic carbocycles. The van der Waals surface area contributed by atoms with Gasteiger partial charge in [0.05, 0.1) is 29.0 Å². The number of carbonyl (C=O) groups excluding carboxylic acids is 1. The Labute approximate surface area is 127 Å². The van der Waals surface area contributed by atoms with Crippen LogP contribution in [0.25, 0.3) is 10.9 Å². The molecule has 0 unspecified atom stereocenters. The van der Waals surface area contributed by atoms with Gasteiger partial charge in [-0.05, 0) is 24.3 Å². The van der Waals surface area contributed by atoms with E-state index in [1.165, 1.54) is 6.07 Å². The topological polar surface area (TPSA) is 88.2 Å². The molecule has 22 heavy (non-hydrogen) atoms. The number of benzene rings is 2. The molecular formula is C17H15N3O2. The summed E-state index contributed by atoms with van der Waals surface area (Å²) in [6.45, 7) is 0. The van der Waals surface area contributed by atoms with E-state index in [0.29, 0.717) is 22.6 Å². The van der Waals surface area contributed by atoms with Gasteiger partial charge in [0.2, 0.25) is 5.91 Å². The number of hydrogen-bond acceptors (Lipinski definition) is 4. The number of anilines is 2. The number of rotatable bonds is 3. The van der Waals surface area contributed by atoms with Crippen LogP contribution in [0.4, 0.5) is 11.4 Å². The number of para-hydroxylation sites is 3. The Bertz CT molecular complexity index is 846. The van der Waals surface area contributed by atoms with E-state index in [-0.39, 0.29) is 18.1 Å². The van der Waals surface area contributed by atoms with Crippen molar-refractivity contribution < 1.29 is 9.90 Å². The zero-order valence-electron chi connectivity index (χ0n) is 11.8. The van der Waals surface area contributed by atoms with Crippen LogP contribution in [0.15, 0.2) is 54.6 Å². The van der Waals surface area contributed by atoms with Crippen molar-refractivity contribution in [1.29, 1.82) is 0 Å². The lowest BCUT2D eigenvalue weighted by atomic mass is 10.1. The molecule has 3 aromatic rings. The molecule has 0 bridgehead atoms. The van der Waals surface area contributed by atoms with Crippen LogP contribution < -0.4 is 11.1 Å². The molecule has 4 N–H and O–H groups in total. The van der Waals surface area contributed by atoms with Gasteiger partial charge in [-0.25, -0.2) is 0 Å². The largest absolute Gasteiger partial charge is 0.506 e. The van der Waals surface area contributed by atoms with Crippen LogP contribution in [-0.4, -0.2) is 16.0 Å². The van der Waals surface area contributed by atoms with Crippen molar-refractivity contribution in [2.24, 2.45) is 0 Å². The highest BCUT2D eigenvalue weighted by Crippen LogP contribution is 2.22. The van der Waals surface area contributed by atoms with Crippen molar-refractivity contribution in [3.8, 4) is 5.75 Å². The number of nitrogens with one attached hydrogen (secondary N) is 1. The molecular weight excluding hydrogens is 278 g/mol. The number of phenols is 1. The molecule has 1 aromatic heterocycles. The van der Waals surface area contributed by atoms with E-state index in [1.54, 1.807) is 30.3 Å². The van der Waals surface area contributed by atoms with Crippen LogP contribution in [0.1, 0.15) is 5.69 Å². The summed E-state index contributed by atoms with van der Waals surface area (Å²) in [5.41, 5.74) is 8.18. The van der Waals surface area contributed by atoms with E-state index in [1.807, 2.05) is 18.2 Å². The van der Waals surface area contributed by atoms with Crippen molar-refractivity contribution in [1.82, 2.24) is 4.98 Å². The van der Waals surface area contributed by atoms with Gasteiger partial charge in [-0.15, -0.1) is 0 Å². The number of nitrogen functional groups attached to an aromatic ring is 1. The zero-order valence-corrected chi connectivity index (χ0v) is 11.8. The summed E-state index contributed by atoms with van der Waals surface area (Å²) in [6.07, 6.45) is 0.110. The number of hydrogen-bond donors (Lipinski definition) is 3. The highest BCUT2D eigenvalue weighted by Gasteiger charge is 2.09. The minimum Gasteiger partial charge on any atom is -0.506 e. The lowest BCUT2D eigenvalue weighted by Gasteiger charge is -2.08. The van der Waals surface area contributed by atoms with Gasteiger partial charge in [0, 0.05) is 5.39 Å². The number of carbonyl (C=O) groups is 1. The Balaban J connectivity index is 1.79. The predicted octanol–water partition coefficient (Wildman–Crippen LogP) is 2.70. The highest BCUT2D eigenvalue weighted by atomic mass is 16.3. The van der Waals surface area contributed by atoms with Gasteiger partial charge in [0.15, 0.2) is 0 Å². The Morgan fingerprint density at radius 2 is 1.91 bits per heavy atom. The SMILES string of the molecule is Nc1cccc2ccc(CC(=O)Nc3ccccc3O)nc12. The Morgan fingerprint density at radius 1 is 1.09 bits per heavy atom. The van der Waals surface area contributed by atoms with Crippen molar-refractivity contribution in [2.45, 2.75) is 6.42 Å². The van der Waals surface area contributed by atoms with Crippen LogP contribution >= 0.6 is 0 Å². The number of aromatic hydroxyl groups is 1. The van der Waals surface area contributed by atoms with Crippen molar-refractivity contribution in [3.63, 3.8) is 0 Å². The first kappa shape index (κ1) is 13.9. The van der Waals surface area contributed by atoms with Gasteiger partial charge < -0.3 is 16.2 Å². The second kappa shape index (κ2) is 5.73. The van der Waals surface area contributed by atoms with Gasteiger partial charge in [0.1, 0.15) is 5.75 Å². The molecule has 0 aliphatic rings. The van der Waals surface area contributed by atoms with E-state index in [9.17, 15) is 9.90 Å². The molecule has 5 nitrogen and oxygen atoms in total. The van der Waals surface area contributed by atoms with Crippen LogP contribution in [0.3, 0.4) is 0 Å². The first-order valence-corrected chi connectivity index (χ1v) is 6.85. The van der Waals surface area contributed by atoms with Crippen molar-refractivity contribution in [3.05, 3.63) is 60.3 Å². The van der Waals surface area contributed by atoms with E-state index < -0.39 is 0 Å². The Morgan fingerprint density at radius 3 is 2.73 bits per heavy atom. The van der Waals surface area contributed by atoms with Crippen molar-refractivity contribution >= 4 is 28.2 Å². The number of nitrogens with zero attached hydrogens (tertiary/aromatic N) is 1. The van der Waals surface area contributed by atoms with Crippen LogP contribution in [0.2, 0.25) is 0 Å². The molecule has 5 heteroatoms. The minimum atomic E-state index is -0.247. The summed E-state index contributed by atoms with van der Waals surface area (Å²) >= 11 is 0. The molecule has 2 aromatic carbocycles. The summed E-state index contributed by atoms with van der Waals surface area (Å²) in [4.78, 5) is 16.5. The fraction of sp³-hybridized carbons (Fsp3) is 0.0588. The molecule has 0 atom stereocenters. The van der Waals surface area contributed by atoms with Gasteiger partial charge in [0.25, 0.3) is 0 Å². The fourth-order valence-corrected chi connectivity index (χ4v) is 2.25. The van der Waals surface area contributed by atoms with E-state index >= 15 is 0 Å². The quantitative estimate of drug-likeness (QED) is 0.512. The molecule has 0 fully saturated rings. The Hall–Kier alpha value is -3.08. The number of nitrogens with two attached hydrogens (primary N) is 1. The number of phenolic OH excluding ortho intramolecular Hbond substituents is 1. The molecule has 1 heterocycles. The van der Waals surface area contributed by atoms with E-state index in [2.05, 4.69) is 10.3 Å². The zero-order chi connectivity index (χ0) is 15.5.